The molecule has 0 aliphatic carbocycles. The van der Waals surface area contributed by atoms with E-state index in [0.717, 1.165) is 27.2 Å². The minimum Gasteiger partial charge on any atom is -0.455 e. The fraction of sp³-hybridized carbons (Fsp3) is 0. The molecule has 2 aromatic carbocycles. The van der Waals surface area contributed by atoms with Gasteiger partial charge in [-0.2, -0.15) is 0 Å². The summed E-state index contributed by atoms with van der Waals surface area (Å²) in [7, 11) is 0. The minimum atomic E-state index is 0.787. The van der Waals surface area contributed by atoms with Crippen LogP contribution in [0.3, 0.4) is 0 Å². The van der Waals surface area contributed by atoms with Crippen LogP contribution in [0.15, 0.2) is 65.5 Å². The van der Waals surface area contributed by atoms with Crippen molar-refractivity contribution in [2.75, 3.05) is 0 Å². The summed E-state index contributed by atoms with van der Waals surface area (Å²) in [5, 5.41) is 0. The van der Waals surface area contributed by atoms with Gasteiger partial charge in [0.15, 0.2) is 0 Å². The van der Waals surface area contributed by atoms with Crippen LogP contribution in [0, 0.1) is 0 Å². The Morgan fingerprint density at radius 1 is 0.947 bits per heavy atom. The summed E-state index contributed by atoms with van der Waals surface area (Å²) in [6.45, 7) is 0. The molecule has 0 aliphatic heterocycles. The Balaban J connectivity index is 2.00. The molecule has 1 aromatic heterocycles. The van der Waals surface area contributed by atoms with E-state index in [1.165, 1.54) is 0 Å². The maximum absolute atomic E-state index is 5.97. The number of ether oxygens (including phenoxy) is 1. The molecular weight excluding hydrogens is 304 g/mol. The fourth-order valence-electron chi connectivity index (χ4n) is 1.83. The highest BCUT2D eigenvalue weighted by molar-refractivity contribution is 9.10. The van der Waals surface area contributed by atoms with Crippen molar-refractivity contribution in [2.24, 2.45) is 0 Å². The standard InChI is InChI=1S/C15H11BrN2O/c16-12-6-2-4-8-15(12)19-14-7-3-1-5-11(14)13-9-17-10-18-13/h1-10H,(H,17,18). The summed E-state index contributed by atoms with van der Waals surface area (Å²) >= 11 is 3.48. The number of nitrogens with one attached hydrogen (secondary N) is 1. The zero-order valence-electron chi connectivity index (χ0n) is 10.0. The molecule has 19 heavy (non-hydrogen) atoms. The minimum absolute atomic E-state index is 0.787. The summed E-state index contributed by atoms with van der Waals surface area (Å²) in [4.78, 5) is 7.14. The first-order valence-electron chi connectivity index (χ1n) is 5.85. The number of hydrogen-bond donors (Lipinski definition) is 1. The summed E-state index contributed by atoms with van der Waals surface area (Å²) in [6, 6.07) is 15.6. The van der Waals surface area contributed by atoms with Crippen molar-refractivity contribution >= 4 is 15.9 Å². The van der Waals surface area contributed by atoms with Gasteiger partial charge in [0.1, 0.15) is 11.5 Å². The van der Waals surface area contributed by atoms with Gasteiger partial charge < -0.3 is 9.72 Å². The van der Waals surface area contributed by atoms with Crippen molar-refractivity contribution in [3.8, 4) is 22.8 Å². The molecule has 0 aliphatic rings. The van der Waals surface area contributed by atoms with Crippen molar-refractivity contribution in [3.63, 3.8) is 0 Å². The molecule has 4 heteroatoms. The molecule has 3 rings (SSSR count). The quantitative estimate of drug-likeness (QED) is 0.765. The molecule has 0 saturated heterocycles. The number of benzene rings is 2. The predicted octanol–water partition coefficient (Wildman–Crippen LogP) is 4.63. The van der Waals surface area contributed by atoms with Gasteiger partial charge in [0.2, 0.25) is 0 Å². The molecule has 0 radical (unpaired) electrons. The van der Waals surface area contributed by atoms with Crippen LogP contribution in [0.2, 0.25) is 0 Å². The van der Waals surface area contributed by atoms with E-state index in [4.69, 9.17) is 4.74 Å². The fourth-order valence-corrected chi connectivity index (χ4v) is 2.19. The average Bonchev–Trinajstić information content (AvgIpc) is 2.96. The topological polar surface area (TPSA) is 37.9 Å². The second-order valence-electron chi connectivity index (χ2n) is 3.99. The van der Waals surface area contributed by atoms with Crippen LogP contribution in [0.4, 0.5) is 0 Å². The molecule has 0 atom stereocenters. The van der Waals surface area contributed by atoms with Gasteiger partial charge in [-0.15, -0.1) is 0 Å². The molecular formula is C15H11BrN2O. The van der Waals surface area contributed by atoms with Crippen LogP contribution in [-0.4, -0.2) is 9.97 Å². The molecule has 0 unspecified atom stereocenters. The lowest BCUT2D eigenvalue weighted by molar-refractivity contribution is 0.481. The molecule has 0 fully saturated rings. The molecule has 3 nitrogen and oxygen atoms in total. The summed E-state index contributed by atoms with van der Waals surface area (Å²) in [5.74, 6) is 1.58. The van der Waals surface area contributed by atoms with Gasteiger partial charge in [0.05, 0.1) is 22.7 Å². The molecule has 94 valence electrons. The summed E-state index contributed by atoms with van der Waals surface area (Å²) in [6.07, 6.45) is 3.44. The van der Waals surface area contributed by atoms with E-state index in [2.05, 4.69) is 25.9 Å². The van der Waals surface area contributed by atoms with E-state index in [0.29, 0.717) is 0 Å². The van der Waals surface area contributed by atoms with Crippen LogP contribution in [0.25, 0.3) is 11.3 Å². The Labute approximate surface area is 119 Å². The number of hydrogen-bond acceptors (Lipinski definition) is 2. The van der Waals surface area contributed by atoms with E-state index in [1.807, 2.05) is 48.5 Å². The number of nitrogens with zero attached hydrogens (tertiary/aromatic N) is 1. The first-order chi connectivity index (χ1) is 9.34. The summed E-state index contributed by atoms with van der Waals surface area (Å²) in [5.41, 5.74) is 1.92. The molecule has 3 aromatic rings. The Morgan fingerprint density at radius 3 is 2.42 bits per heavy atom. The van der Waals surface area contributed by atoms with Crippen LogP contribution in [0.1, 0.15) is 0 Å². The lowest BCUT2D eigenvalue weighted by Gasteiger charge is -2.11. The number of rotatable bonds is 3. The van der Waals surface area contributed by atoms with Gasteiger partial charge in [-0.1, -0.05) is 24.3 Å². The van der Waals surface area contributed by atoms with Gasteiger partial charge >= 0.3 is 0 Å². The maximum atomic E-state index is 5.97. The Kier molecular flexibility index (Phi) is 3.33. The maximum Gasteiger partial charge on any atom is 0.141 e. The second kappa shape index (κ2) is 5.28. The monoisotopic (exact) mass is 314 g/mol. The predicted molar refractivity (Wildman–Crippen MR) is 78.2 cm³/mol. The molecule has 0 amide bonds. The largest absolute Gasteiger partial charge is 0.455 e. The first-order valence-corrected chi connectivity index (χ1v) is 6.64. The zero-order valence-corrected chi connectivity index (χ0v) is 11.6. The smallest absolute Gasteiger partial charge is 0.141 e. The average molecular weight is 315 g/mol. The van der Waals surface area contributed by atoms with Gasteiger partial charge in [-0.25, -0.2) is 4.98 Å². The highest BCUT2D eigenvalue weighted by Crippen LogP contribution is 2.34. The van der Waals surface area contributed by atoms with E-state index >= 15 is 0 Å². The summed E-state index contributed by atoms with van der Waals surface area (Å²) < 4.78 is 6.89. The van der Waals surface area contributed by atoms with Gasteiger partial charge in [-0.3, -0.25) is 0 Å². The lowest BCUT2D eigenvalue weighted by atomic mass is 10.1. The van der Waals surface area contributed by atoms with Crippen molar-refractivity contribution in [1.29, 1.82) is 0 Å². The third-order valence-electron chi connectivity index (χ3n) is 2.73. The molecule has 0 spiro atoms. The number of halogens is 1. The van der Waals surface area contributed by atoms with Crippen LogP contribution in [0.5, 0.6) is 11.5 Å². The van der Waals surface area contributed by atoms with E-state index in [-0.39, 0.29) is 0 Å². The third-order valence-corrected chi connectivity index (χ3v) is 3.39. The number of aromatic nitrogens is 2. The molecule has 0 saturated carbocycles. The van der Waals surface area contributed by atoms with Crippen molar-refractivity contribution in [1.82, 2.24) is 9.97 Å². The number of para-hydroxylation sites is 2. The first kappa shape index (κ1) is 12.0. The van der Waals surface area contributed by atoms with Crippen molar-refractivity contribution < 1.29 is 4.74 Å². The van der Waals surface area contributed by atoms with Crippen LogP contribution in [-0.2, 0) is 0 Å². The van der Waals surface area contributed by atoms with E-state index in [1.54, 1.807) is 12.5 Å². The normalized spacial score (nSPS) is 10.4. The Bertz CT molecular complexity index is 680. The Hall–Kier alpha value is -2.07. The van der Waals surface area contributed by atoms with Crippen LogP contribution >= 0.6 is 15.9 Å². The van der Waals surface area contributed by atoms with Gasteiger partial charge in [-0.05, 0) is 40.2 Å². The van der Waals surface area contributed by atoms with Crippen molar-refractivity contribution in [2.45, 2.75) is 0 Å². The van der Waals surface area contributed by atoms with Gasteiger partial charge in [0, 0.05) is 5.56 Å². The number of aromatic amines is 1. The number of imidazole rings is 1. The molecule has 0 bridgehead atoms. The zero-order chi connectivity index (χ0) is 13.1. The second-order valence-corrected chi connectivity index (χ2v) is 4.85. The lowest BCUT2D eigenvalue weighted by Crippen LogP contribution is -1.89. The van der Waals surface area contributed by atoms with E-state index < -0.39 is 0 Å². The van der Waals surface area contributed by atoms with Crippen LogP contribution < -0.4 is 4.74 Å². The SMILES string of the molecule is Brc1ccccc1Oc1ccccc1-c1cnc[nH]1. The van der Waals surface area contributed by atoms with E-state index in [9.17, 15) is 0 Å². The highest BCUT2D eigenvalue weighted by Gasteiger charge is 2.09. The highest BCUT2D eigenvalue weighted by atomic mass is 79.9. The molecule has 1 heterocycles. The number of H-pyrrole nitrogens is 1. The Morgan fingerprint density at radius 2 is 1.68 bits per heavy atom. The van der Waals surface area contributed by atoms with Gasteiger partial charge in [0.25, 0.3) is 0 Å². The molecule has 1 N–H and O–H groups in total. The van der Waals surface area contributed by atoms with Crippen molar-refractivity contribution in [3.05, 3.63) is 65.5 Å². The third kappa shape index (κ3) is 2.53.